The summed E-state index contributed by atoms with van der Waals surface area (Å²) in [7, 11) is 2.08. The number of aromatic amines is 1. The lowest BCUT2D eigenvalue weighted by Gasteiger charge is -2.32. The predicted octanol–water partition coefficient (Wildman–Crippen LogP) is 1.71. The second-order valence-electron chi connectivity index (χ2n) is 6.65. The van der Waals surface area contributed by atoms with Gasteiger partial charge in [-0.25, -0.2) is 15.0 Å². The second kappa shape index (κ2) is 8.13. The molecule has 1 aliphatic heterocycles. The zero-order valence-corrected chi connectivity index (χ0v) is 16.6. The van der Waals surface area contributed by atoms with Crippen molar-refractivity contribution in [3.8, 4) is 0 Å². The van der Waals surface area contributed by atoms with Gasteiger partial charge in [0.05, 0.1) is 11.7 Å². The average Bonchev–Trinajstić information content (AvgIpc) is 3.17. The molecule has 4 rings (SSSR count). The van der Waals surface area contributed by atoms with Crippen LogP contribution in [0.4, 0.5) is 11.5 Å². The summed E-state index contributed by atoms with van der Waals surface area (Å²) in [5.74, 6) is 0.262. The maximum absolute atomic E-state index is 12.9. The lowest BCUT2D eigenvalue weighted by Crippen LogP contribution is -2.52. The first-order valence-electron chi connectivity index (χ1n) is 8.98. The van der Waals surface area contributed by atoms with Crippen molar-refractivity contribution in [1.29, 1.82) is 0 Å². The molecule has 0 bridgehead atoms. The third-order valence-corrected chi connectivity index (χ3v) is 5.22. The Morgan fingerprint density at radius 2 is 2.04 bits per heavy atom. The van der Waals surface area contributed by atoms with Crippen molar-refractivity contribution in [1.82, 2.24) is 35.5 Å². The van der Waals surface area contributed by atoms with Crippen LogP contribution in [0.25, 0.3) is 10.9 Å². The molecule has 0 radical (unpaired) electrons. The number of hydrogen-bond acceptors (Lipinski definition) is 8. The number of aromatic nitrogens is 4. The summed E-state index contributed by atoms with van der Waals surface area (Å²) < 4.78 is 0. The molecule has 0 spiro atoms. The number of rotatable bonds is 5. The van der Waals surface area contributed by atoms with Gasteiger partial charge in [0.15, 0.2) is 5.16 Å². The largest absolute Gasteiger partial charge is 0.339 e. The Morgan fingerprint density at radius 3 is 2.82 bits per heavy atom. The van der Waals surface area contributed by atoms with Crippen LogP contribution in [0, 0.1) is 0 Å². The summed E-state index contributed by atoms with van der Waals surface area (Å²) in [5.41, 5.74) is 5.15. The van der Waals surface area contributed by atoms with Crippen LogP contribution in [0.15, 0.2) is 35.7 Å². The summed E-state index contributed by atoms with van der Waals surface area (Å²) >= 11 is 1.43. The van der Waals surface area contributed by atoms with E-state index in [1.54, 1.807) is 12.4 Å². The molecular formula is C18H22N8OS. The van der Waals surface area contributed by atoms with E-state index in [4.69, 9.17) is 0 Å². The van der Waals surface area contributed by atoms with E-state index >= 15 is 0 Å². The van der Waals surface area contributed by atoms with E-state index in [9.17, 15) is 4.79 Å². The van der Waals surface area contributed by atoms with Crippen molar-refractivity contribution >= 4 is 40.1 Å². The molecule has 10 heteroatoms. The van der Waals surface area contributed by atoms with E-state index in [-0.39, 0.29) is 5.91 Å². The molecule has 1 saturated heterocycles. The van der Waals surface area contributed by atoms with E-state index in [0.717, 1.165) is 42.8 Å². The normalized spacial score (nSPS) is 15.6. The lowest BCUT2D eigenvalue weighted by atomic mass is 10.2. The number of carbonyl (C=O) groups is 1. The van der Waals surface area contributed by atoms with Crippen LogP contribution >= 0.6 is 11.8 Å². The Hall–Kier alpha value is -2.69. The summed E-state index contributed by atoms with van der Waals surface area (Å²) in [6, 6.07) is 5.82. The van der Waals surface area contributed by atoms with Gasteiger partial charge in [-0.15, -0.1) is 0 Å². The zero-order valence-electron chi connectivity index (χ0n) is 15.8. The number of hydrazine groups is 1. The number of fused-ring (bicyclic) bond motifs is 1. The van der Waals surface area contributed by atoms with Crippen molar-refractivity contribution < 1.29 is 4.79 Å². The molecule has 0 atom stereocenters. The molecule has 3 heterocycles. The fraction of sp³-hybridized carbons (Fsp3) is 0.333. The molecule has 28 heavy (non-hydrogen) atoms. The minimum Gasteiger partial charge on any atom is -0.339 e. The number of hydrogen-bond donors (Lipinski definition) is 3. The standard InChI is InChI=1S/C18H22N8OS/c1-25-5-7-26(8-6-25)24-17(27)14-11-19-18(28-2)22-16(14)21-13-3-4-15-12(9-13)10-20-23-15/h3-4,9-11H,5-8H2,1-2H3,(H,20,23)(H,24,27)(H,19,21,22). The number of nitrogens with one attached hydrogen (secondary N) is 3. The number of likely N-dealkylation sites (N-methyl/N-ethyl adjacent to an activating group) is 1. The summed E-state index contributed by atoms with van der Waals surface area (Å²) in [4.78, 5) is 23.9. The number of H-pyrrole nitrogens is 1. The van der Waals surface area contributed by atoms with Gasteiger partial charge in [0.25, 0.3) is 5.91 Å². The molecule has 2 aromatic heterocycles. The molecule has 146 valence electrons. The van der Waals surface area contributed by atoms with Crippen molar-refractivity contribution in [2.24, 2.45) is 0 Å². The Balaban J connectivity index is 1.57. The minimum atomic E-state index is -0.218. The molecule has 1 aliphatic rings. The maximum Gasteiger partial charge on any atom is 0.270 e. The first-order chi connectivity index (χ1) is 13.6. The number of piperazine rings is 1. The Bertz CT molecular complexity index is 983. The van der Waals surface area contributed by atoms with Gasteiger partial charge in [0, 0.05) is 43.4 Å². The van der Waals surface area contributed by atoms with E-state index in [1.807, 2.05) is 29.5 Å². The minimum absolute atomic E-state index is 0.218. The van der Waals surface area contributed by atoms with E-state index in [2.05, 4.69) is 42.9 Å². The van der Waals surface area contributed by atoms with Gasteiger partial charge in [-0.2, -0.15) is 5.10 Å². The number of amides is 1. The van der Waals surface area contributed by atoms with Crippen molar-refractivity contribution in [3.63, 3.8) is 0 Å². The number of thioether (sulfide) groups is 1. The third-order valence-electron chi connectivity index (χ3n) is 4.66. The van der Waals surface area contributed by atoms with Gasteiger partial charge >= 0.3 is 0 Å². The van der Waals surface area contributed by atoms with Gasteiger partial charge in [0.1, 0.15) is 11.4 Å². The smallest absolute Gasteiger partial charge is 0.270 e. The fourth-order valence-electron chi connectivity index (χ4n) is 3.00. The first-order valence-corrected chi connectivity index (χ1v) is 10.2. The molecule has 0 unspecified atom stereocenters. The molecular weight excluding hydrogens is 376 g/mol. The van der Waals surface area contributed by atoms with Crippen LogP contribution in [0.3, 0.4) is 0 Å². The van der Waals surface area contributed by atoms with E-state index in [1.165, 1.54) is 11.8 Å². The Labute approximate surface area is 166 Å². The molecule has 3 aromatic rings. The molecule has 3 N–H and O–H groups in total. The fourth-order valence-corrected chi connectivity index (χ4v) is 3.35. The molecule has 1 aromatic carbocycles. The van der Waals surface area contributed by atoms with Gasteiger partial charge in [0.2, 0.25) is 0 Å². The topological polar surface area (TPSA) is 102 Å². The first kappa shape index (κ1) is 18.7. The van der Waals surface area contributed by atoms with Crippen LogP contribution in [-0.2, 0) is 0 Å². The number of benzene rings is 1. The van der Waals surface area contributed by atoms with Crippen LogP contribution in [0.2, 0.25) is 0 Å². The highest BCUT2D eigenvalue weighted by Gasteiger charge is 2.20. The van der Waals surface area contributed by atoms with Gasteiger partial charge in [-0.3, -0.25) is 15.3 Å². The Kier molecular flexibility index (Phi) is 5.42. The van der Waals surface area contributed by atoms with Crippen LogP contribution in [0.1, 0.15) is 10.4 Å². The highest BCUT2D eigenvalue weighted by atomic mass is 32.2. The number of carbonyl (C=O) groups excluding carboxylic acids is 1. The molecule has 1 amide bonds. The van der Waals surface area contributed by atoms with Crippen molar-refractivity contribution in [2.45, 2.75) is 5.16 Å². The zero-order chi connectivity index (χ0) is 19.5. The van der Waals surface area contributed by atoms with E-state index < -0.39 is 0 Å². The number of anilines is 2. The predicted molar refractivity (Wildman–Crippen MR) is 110 cm³/mol. The monoisotopic (exact) mass is 398 g/mol. The molecule has 1 fully saturated rings. The Morgan fingerprint density at radius 1 is 1.21 bits per heavy atom. The summed E-state index contributed by atoms with van der Waals surface area (Å²) in [5, 5.41) is 13.7. The SMILES string of the molecule is CSc1ncc(C(=O)NN2CCN(C)CC2)c(Nc2ccc3[nH]ncc3c2)n1. The molecule has 0 saturated carbocycles. The highest BCUT2D eigenvalue weighted by molar-refractivity contribution is 7.98. The summed E-state index contributed by atoms with van der Waals surface area (Å²) in [6.45, 7) is 3.40. The number of nitrogens with zero attached hydrogens (tertiary/aromatic N) is 5. The van der Waals surface area contributed by atoms with Crippen molar-refractivity contribution in [3.05, 3.63) is 36.2 Å². The molecule has 0 aliphatic carbocycles. The van der Waals surface area contributed by atoms with Gasteiger partial charge in [-0.05, 0) is 31.5 Å². The van der Waals surface area contributed by atoms with Gasteiger partial charge in [-0.1, -0.05) is 11.8 Å². The second-order valence-corrected chi connectivity index (χ2v) is 7.42. The molecule has 9 nitrogen and oxygen atoms in total. The maximum atomic E-state index is 12.9. The van der Waals surface area contributed by atoms with Gasteiger partial charge < -0.3 is 10.2 Å². The lowest BCUT2D eigenvalue weighted by molar-refractivity contribution is 0.0662. The van der Waals surface area contributed by atoms with E-state index in [0.29, 0.717) is 16.5 Å². The third kappa shape index (κ3) is 4.08. The van der Waals surface area contributed by atoms with Crippen molar-refractivity contribution in [2.75, 3.05) is 44.8 Å². The van der Waals surface area contributed by atoms with Crippen LogP contribution in [0.5, 0.6) is 0 Å². The quantitative estimate of drug-likeness (QED) is 0.441. The van der Waals surface area contributed by atoms with Crippen LogP contribution < -0.4 is 10.7 Å². The van der Waals surface area contributed by atoms with Crippen LogP contribution in [-0.4, -0.2) is 75.5 Å². The highest BCUT2D eigenvalue weighted by Crippen LogP contribution is 2.24. The summed E-state index contributed by atoms with van der Waals surface area (Å²) in [6.07, 6.45) is 5.23. The average molecular weight is 398 g/mol.